The van der Waals surface area contributed by atoms with Crippen molar-refractivity contribution < 1.29 is 9.53 Å². The van der Waals surface area contributed by atoms with Gasteiger partial charge in [-0.15, -0.1) is 6.58 Å². The van der Waals surface area contributed by atoms with E-state index >= 15 is 0 Å². The first-order valence-electron chi connectivity index (χ1n) is 3.62. The second-order valence-corrected chi connectivity index (χ2v) is 2.32. The van der Waals surface area contributed by atoms with Crippen LogP contribution in [0.1, 0.15) is 12.8 Å². The molecule has 0 rings (SSSR count). The lowest BCUT2D eigenvalue weighted by molar-refractivity contribution is 0.133. The summed E-state index contributed by atoms with van der Waals surface area (Å²) in [7, 11) is 3.10. The molecule has 0 atom stereocenters. The number of methoxy groups -OCH3 is 1. The topological polar surface area (TPSA) is 29.5 Å². The Morgan fingerprint density at radius 1 is 1.73 bits per heavy atom. The fourth-order valence-corrected chi connectivity index (χ4v) is 0.720. The van der Waals surface area contributed by atoms with Gasteiger partial charge in [-0.05, 0) is 12.8 Å². The van der Waals surface area contributed by atoms with Crippen molar-refractivity contribution in [3.8, 4) is 0 Å². The molecule has 0 aromatic heterocycles. The standard InChI is InChI=1S/C8H15NO2/c1-4-5-6-7-9(2)8(10)11-3/h4H,1,5-7H2,2-3H3. The molecular formula is C8H15NO2. The molecule has 0 aliphatic heterocycles. The van der Waals surface area contributed by atoms with Crippen molar-refractivity contribution in [3.05, 3.63) is 12.7 Å². The molecule has 0 aromatic rings. The highest BCUT2D eigenvalue weighted by Gasteiger charge is 2.05. The molecule has 0 saturated heterocycles. The third-order valence-corrected chi connectivity index (χ3v) is 1.39. The minimum absolute atomic E-state index is 0.283. The predicted molar refractivity (Wildman–Crippen MR) is 44.5 cm³/mol. The summed E-state index contributed by atoms with van der Waals surface area (Å²) in [6.45, 7) is 4.31. The highest BCUT2D eigenvalue weighted by Crippen LogP contribution is 1.94. The Labute approximate surface area is 67.6 Å². The Morgan fingerprint density at radius 2 is 2.36 bits per heavy atom. The largest absolute Gasteiger partial charge is 0.453 e. The maximum absolute atomic E-state index is 10.8. The Bertz CT molecular complexity index is 134. The molecule has 0 aliphatic rings. The van der Waals surface area contributed by atoms with Crippen LogP contribution in [0.3, 0.4) is 0 Å². The van der Waals surface area contributed by atoms with Crippen molar-refractivity contribution in [3.63, 3.8) is 0 Å². The number of nitrogens with zero attached hydrogens (tertiary/aromatic N) is 1. The second kappa shape index (κ2) is 5.77. The lowest BCUT2D eigenvalue weighted by Crippen LogP contribution is -2.27. The van der Waals surface area contributed by atoms with E-state index in [4.69, 9.17) is 0 Å². The number of carbonyl (C=O) groups is 1. The molecule has 0 N–H and O–H groups in total. The van der Waals surface area contributed by atoms with Gasteiger partial charge in [0.05, 0.1) is 7.11 Å². The van der Waals surface area contributed by atoms with Crippen molar-refractivity contribution in [2.45, 2.75) is 12.8 Å². The molecule has 3 nitrogen and oxygen atoms in total. The molecule has 0 fully saturated rings. The van der Waals surface area contributed by atoms with E-state index in [2.05, 4.69) is 11.3 Å². The summed E-state index contributed by atoms with van der Waals surface area (Å²) >= 11 is 0. The summed E-state index contributed by atoms with van der Waals surface area (Å²) in [5.41, 5.74) is 0. The summed E-state index contributed by atoms with van der Waals surface area (Å²) in [6, 6.07) is 0. The average molecular weight is 157 g/mol. The van der Waals surface area contributed by atoms with Crippen LogP contribution in [-0.2, 0) is 4.74 Å². The number of allylic oxidation sites excluding steroid dienone is 1. The van der Waals surface area contributed by atoms with Crippen LogP contribution < -0.4 is 0 Å². The van der Waals surface area contributed by atoms with E-state index in [1.54, 1.807) is 11.9 Å². The van der Waals surface area contributed by atoms with Gasteiger partial charge in [0.1, 0.15) is 0 Å². The monoisotopic (exact) mass is 157 g/mol. The molecule has 1 amide bonds. The Kier molecular flexibility index (Phi) is 5.25. The van der Waals surface area contributed by atoms with Crippen molar-refractivity contribution >= 4 is 6.09 Å². The highest BCUT2D eigenvalue weighted by atomic mass is 16.5. The number of ether oxygens (including phenoxy) is 1. The molecular weight excluding hydrogens is 142 g/mol. The van der Waals surface area contributed by atoms with Crippen molar-refractivity contribution in [1.29, 1.82) is 0 Å². The molecule has 0 aliphatic carbocycles. The van der Waals surface area contributed by atoms with E-state index in [1.807, 2.05) is 6.08 Å². The van der Waals surface area contributed by atoms with Gasteiger partial charge in [-0.2, -0.15) is 0 Å². The third-order valence-electron chi connectivity index (χ3n) is 1.39. The number of hydrogen-bond acceptors (Lipinski definition) is 2. The van der Waals surface area contributed by atoms with Gasteiger partial charge < -0.3 is 9.64 Å². The molecule has 0 bridgehead atoms. The number of carbonyl (C=O) groups excluding carboxylic acids is 1. The maximum atomic E-state index is 10.8. The normalized spacial score (nSPS) is 8.91. The smallest absolute Gasteiger partial charge is 0.409 e. The van der Waals surface area contributed by atoms with E-state index in [1.165, 1.54) is 7.11 Å². The highest BCUT2D eigenvalue weighted by molar-refractivity contribution is 5.66. The number of hydrogen-bond donors (Lipinski definition) is 0. The van der Waals surface area contributed by atoms with Crippen LogP contribution in [0.5, 0.6) is 0 Å². The molecule has 0 aromatic carbocycles. The molecule has 11 heavy (non-hydrogen) atoms. The van der Waals surface area contributed by atoms with Crippen LogP contribution in [0.4, 0.5) is 4.79 Å². The van der Waals surface area contributed by atoms with Gasteiger partial charge in [0.25, 0.3) is 0 Å². The van der Waals surface area contributed by atoms with Crippen molar-refractivity contribution in [2.75, 3.05) is 20.7 Å². The van der Waals surface area contributed by atoms with E-state index in [-0.39, 0.29) is 6.09 Å². The number of rotatable bonds is 4. The molecule has 0 saturated carbocycles. The fraction of sp³-hybridized carbons (Fsp3) is 0.625. The first kappa shape index (κ1) is 10.0. The van der Waals surface area contributed by atoms with Crippen molar-refractivity contribution in [2.24, 2.45) is 0 Å². The fourth-order valence-electron chi connectivity index (χ4n) is 0.720. The summed E-state index contributed by atoms with van der Waals surface area (Å²) < 4.78 is 4.50. The maximum Gasteiger partial charge on any atom is 0.409 e. The van der Waals surface area contributed by atoms with Crippen LogP contribution in [0.2, 0.25) is 0 Å². The molecule has 0 radical (unpaired) electrons. The van der Waals surface area contributed by atoms with Crippen LogP contribution >= 0.6 is 0 Å². The van der Waals surface area contributed by atoms with Gasteiger partial charge >= 0.3 is 6.09 Å². The Morgan fingerprint density at radius 3 is 2.82 bits per heavy atom. The van der Waals surface area contributed by atoms with Crippen molar-refractivity contribution in [1.82, 2.24) is 4.90 Å². The zero-order valence-corrected chi connectivity index (χ0v) is 7.17. The predicted octanol–water partition coefficient (Wildman–Crippen LogP) is 1.65. The van der Waals surface area contributed by atoms with Gasteiger partial charge in [0.2, 0.25) is 0 Å². The van der Waals surface area contributed by atoms with Gasteiger partial charge in [0, 0.05) is 13.6 Å². The average Bonchev–Trinajstić information content (AvgIpc) is 2.03. The first-order valence-corrected chi connectivity index (χ1v) is 3.62. The van der Waals surface area contributed by atoms with E-state index in [0.29, 0.717) is 0 Å². The zero-order chi connectivity index (χ0) is 8.69. The molecule has 0 heterocycles. The third kappa shape index (κ3) is 4.42. The van der Waals surface area contributed by atoms with Gasteiger partial charge in [-0.25, -0.2) is 4.79 Å². The first-order chi connectivity index (χ1) is 5.22. The van der Waals surface area contributed by atoms with Crippen LogP contribution in [0.15, 0.2) is 12.7 Å². The lowest BCUT2D eigenvalue weighted by Gasteiger charge is -2.13. The summed E-state index contributed by atoms with van der Waals surface area (Å²) in [4.78, 5) is 12.3. The van der Waals surface area contributed by atoms with Crippen LogP contribution in [0.25, 0.3) is 0 Å². The van der Waals surface area contributed by atoms with Gasteiger partial charge in [-0.1, -0.05) is 6.08 Å². The Hall–Kier alpha value is -0.990. The Balaban J connectivity index is 3.43. The summed E-state index contributed by atoms with van der Waals surface area (Å²) in [5, 5.41) is 0. The van der Waals surface area contributed by atoms with E-state index in [9.17, 15) is 4.79 Å². The summed E-state index contributed by atoms with van der Waals surface area (Å²) in [5.74, 6) is 0. The zero-order valence-electron chi connectivity index (χ0n) is 7.17. The quantitative estimate of drug-likeness (QED) is 0.458. The van der Waals surface area contributed by atoms with Gasteiger partial charge in [-0.3, -0.25) is 0 Å². The van der Waals surface area contributed by atoms with Crippen LogP contribution in [0, 0.1) is 0 Å². The van der Waals surface area contributed by atoms with E-state index in [0.717, 1.165) is 19.4 Å². The van der Waals surface area contributed by atoms with Gasteiger partial charge in [0.15, 0.2) is 0 Å². The van der Waals surface area contributed by atoms with Crippen LogP contribution in [-0.4, -0.2) is 31.7 Å². The minimum atomic E-state index is -0.283. The minimum Gasteiger partial charge on any atom is -0.453 e. The summed E-state index contributed by atoms with van der Waals surface area (Å²) in [6.07, 6.45) is 3.43. The number of amides is 1. The number of unbranched alkanes of at least 4 members (excludes halogenated alkanes) is 1. The second-order valence-electron chi connectivity index (χ2n) is 2.32. The lowest BCUT2D eigenvalue weighted by atomic mass is 10.3. The molecule has 0 unspecified atom stereocenters. The van der Waals surface area contributed by atoms with E-state index < -0.39 is 0 Å². The molecule has 64 valence electrons. The molecule has 0 spiro atoms. The molecule has 3 heteroatoms. The SMILES string of the molecule is C=CCCCN(C)C(=O)OC.